The van der Waals surface area contributed by atoms with Crippen molar-refractivity contribution >= 4 is 27.7 Å². The Kier molecular flexibility index (Phi) is 21.0. The van der Waals surface area contributed by atoms with Crippen molar-refractivity contribution in [3.8, 4) is 5.75 Å². The number of allylic oxidation sites excluding steroid dienone is 1. The molecule has 47 heavy (non-hydrogen) atoms. The number of carbonyl (C=O) groups is 3. The Bertz CT molecular complexity index is 1180. The number of sulfone groups is 1. The van der Waals surface area contributed by atoms with Crippen LogP contribution in [0.1, 0.15) is 116 Å². The van der Waals surface area contributed by atoms with Crippen LogP contribution in [0.15, 0.2) is 36.4 Å². The second-order valence-corrected chi connectivity index (χ2v) is 14.6. The summed E-state index contributed by atoms with van der Waals surface area (Å²) in [6.45, 7) is 6.51. The highest BCUT2D eigenvalue weighted by Crippen LogP contribution is 2.27. The molecule has 0 heterocycles. The SMILES string of the molecule is CCCCCCCS(=O)(=O)CCCCCCC=C[C@H](C(=O)NC(Cc1ccc(OCCCC)cc1)C(=O)OC)[C@@](O)(CCC)C(=O)O. The highest BCUT2D eigenvalue weighted by molar-refractivity contribution is 7.91. The Morgan fingerprint density at radius 1 is 0.872 bits per heavy atom. The summed E-state index contributed by atoms with van der Waals surface area (Å²) in [6.07, 6.45) is 13.6. The Morgan fingerprint density at radius 3 is 2.02 bits per heavy atom. The fourth-order valence-corrected chi connectivity index (χ4v) is 6.82. The van der Waals surface area contributed by atoms with Crippen LogP contribution in [-0.4, -0.2) is 73.3 Å². The van der Waals surface area contributed by atoms with E-state index in [0.29, 0.717) is 44.5 Å². The number of amides is 1. The first kappa shape index (κ1) is 42.1. The van der Waals surface area contributed by atoms with Crippen molar-refractivity contribution in [1.82, 2.24) is 5.32 Å². The molecule has 11 heteroatoms. The highest BCUT2D eigenvalue weighted by Gasteiger charge is 2.46. The van der Waals surface area contributed by atoms with Gasteiger partial charge in [0.25, 0.3) is 0 Å². The van der Waals surface area contributed by atoms with Crippen LogP contribution in [0, 0.1) is 5.92 Å². The van der Waals surface area contributed by atoms with Crippen LogP contribution in [0.25, 0.3) is 0 Å². The lowest BCUT2D eigenvalue weighted by Crippen LogP contribution is -2.54. The number of methoxy groups -OCH3 is 1. The van der Waals surface area contributed by atoms with Gasteiger partial charge in [-0.1, -0.05) is 96.4 Å². The summed E-state index contributed by atoms with van der Waals surface area (Å²) in [7, 11) is -1.84. The van der Waals surface area contributed by atoms with E-state index in [-0.39, 0.29) is 24.3 Å². The van der Waals surface area contributed by atoms with E-state index >= 15 is 0 Å². The van der Waals surface area contributed by atoms with Crippen LogP contribution in [0.3, 0.4) is 0 Å². The largest absolute Gasteiger partial charge is 0.494 e. The summed E-state index contributed by atoms with van der Waals surface area (Å²) in [5.74, 6) is -3.36. The summed E-state index contributed by atoms with van der Waals surface area (Å²) < 4.78 is 35.2. The van der Waals surface area contributed by atoms with Gasteiger partial charge in [-0.25, -0.2) is 18.0 Å². The van der Waals surface area contributed by atoms with Crippen molar-refractivity contribution in [2.75, 3.05) is 25.2 Å². The topological polar surface area (TPSA) is 156 Å². The molecule has 0 aliphatic rings. The first-order valence-electron chi connectivity index (χ1n) is 17.4. The van der Waals surface area contributed by atoms with E-state index < -0.39 is 45.2 Å². The lowest BCUT2D eigenvalue weighted by Gasteiger charge is -2.30. The number of nitrogens with one attached hydrogen (secondary N) is 1. The van der Waals surface area contributed by atoms with Gasteiger partial charge in [-0.2, -0.15) is 0 Å². The molecular weight excluding hydrogens is 622 g/mol. The van der Waals surface area contributed by atoms with E-state index in [1.54, 1.807) is 37.3 Å². The molecule has 0 spiro atoms. The summed E-state index contributed by atoms with van der Waals surface area (Å²) >= 11 is 0. The van der Waals surface area contributed by atoms with Crippen molar-refractivity contribution in [3.05, 3.63) is 42.0 Å². The van der Waals surface area contributed by atoms with Gasteiger partial charge < -0.3 is 25.0 Å². The minimum absolute atomic E-state index is 0.0952. The third-order valence-electron chi connectivity index (χ3n) is 8.19. The van der Waals surface area contributed by atoms with E-state index in [0.717, 1.165) is 56.9 Å². The summed E-state index contributed by atoms with van der Waals surface area (Å²) in [6, 6.07) is 6.03. The van der Waals surface area contributed by atoms with Gasteiger partial charge in [0, 0.05) is 6.42 Å². The number of unbranched alkanes of at least 4 members (excludes halogenated alkanes) is 9. The number of aliphatic hydroxyl groups is 1. The van der Waals surface area contributed by atoms with Gasteiger partial charge in [0.1, 0.15) is 21.6 Å². The van der Waals surface area contributed by atoms with Crippen molar-refractivity contribution < 1.29 is 42.5 Å². The molecule has 0 aliphatic heterocycles. The maximum absolute atomic E-state index is 13.5. The third kappa shape index (κ3) is 16.6. The fraction of sp³-hybridized carbons (Fsp3) is 0.694. The maximum atomic E-state index is 13.5. The molecule has 0 saturated heterocycles. The van der Waals surface area contributed by atoms with Crippen LogP contribution in [0.4, 0.5) is 0 Å². The zero-order valence-electron chi connectivity index (χ0n) is 29.0. The standard InChI is InChI=1S/C36H59NO9S/c1-5-8-10-14-17-26-47(43,44)27-18-15-12-11-13-16-19-31(36(42,24-7-3)35(40)41)33(38)37-32(34(39)45-4)28-29-20-22-30(23-21-29)46-25-9-6-2/h16,19-23,31-32,42H,5-15,17-18,24-28H2,1-4H3,(H,37,38)(H,40,41)/t31-,32?,36+/m1/s1. The average Bonchev–Trinajstić information content (AvgIpc) is 3.04. The molecule has 1 amide bonds. The normalized spacial score (nSPS) is 14.3. The van der Waals surface area contributed by atoms with Crippen LogP contribution in [0.5, 0.6) is 5.75 Å². The molecule has 268 valence electrons. The molecule has 0 aliphatic carbocycles. The predicted octanol–water partition coefficient (Wildman–Crippen LogP) is 6.19. The number of hydrogen-bond donors (Lipinski definition) is 3. The number of hydrogen-bond acceptors (Lipinski definition) is 8. The number of carboxylic acid groups (broad SMARTS) is 1. The van der Waals surface area contributed by atoms with E-state index in [1.165, 1.54) is 13.2 Å². The highest BCUT2D eigenvalue weighted by atomic mass is 32.2. The van der Waals surface area contributed by atoms with Gasteiger partial charge >= 0.3 is 11.9 Å². The van der Waals surface area contributed by atoms with Crippen molar-refractivity contribution in [2.24, 2.45) is 5.92 Å². The van der Waals surface area contributed by atoms with E-state index in [4.69, 9.17) is 9.47 Å². The summed E-state index contributed by atoms with van der Waals surface area (Å²) in [4.78, 5) is 38.4. The number of benzene rings is 1. The molecule has 3 N–H and O–H groups in total. The summed E-state index contributed by atoms with van der Waals surface area (Å²) in [5.41, 5.74) is -1.64. The van der Waals surface area contributed by atoms with Gasteiger partial charge in [0.2, 0.25) is 5.91 Å². The second-order valence-electron chi connectivity index (χ2n) is 12.3. The van der Waals surface area contributed by atoms with Gasteiger partial charge in [0.15, 0.2) is 5.60 Å². The Hall–Kier alpha value is -2.92. The van der Waals surface area contributed by atoms with Gasteiger partial charge in [-0.15, -0.1) is 0 Å². The second kappa shape index (κ2) is 23.4. The maximum Gasteiger partial charge on any atom is 0.336 e. The van der Waals surface area contributed by atoms with Crippen molar-refractivity contribution in [2.45, 2.75) is 129 Å². The number of carboxylic acids is 1. The molecule has 0 bridgehead atoms. The number of carbonyl (C=O) groups excluding carboxylic acids is 2. The molecule has 0 saturated carbocycles. The Balaban J connectivity index is 2.84. The fourth-order valence-electron chi connectivity index (χ4n) is 5.33. The number of esters is 1. The quantitative estimate of drug-likeness (QED) is 0.0560. The summed E-state index contributed by atoms with van der Waals surface area (Å²) in [5, 5.41) is 23.8. The van der Waals surface area contributed by atoms with Crippen molar-refractivity contribution in [1.29, 1.82) is 0 Å². The molecule has 1 unspecified atom stereocenters. The zero-order valence-corrected chi connectivity index (χ0v) is 29.8. The van der Waals surface area contributed by atoms with Crippen LogP contribution in [-0.2, 0) is 35.4 Å². The van der Waals surface area contributed by atoms with Crippen molar-refractivity contribution in [3.63, 3.8) is 0 Å². The van der Waals surface area contributed by atoms with Gasteiger partial charge in [-0.05, 0) is 56.2 Å². The average molecular weight is 682 g/mol. The first-order valence-corrected chi connectivity index (χ1v) is 19.2. The smallest absolute Gasteiger partial charge is 0.336 e. The number of aliphatic carboxylic acids is 1. The molecule has 0 radical (unpaired) electrons. The molecule has 1 rings (SSSR count). The van der Waals surface area contributed by atoms with Crippen LogP contribution in [0.2, 0.25) is 0 Å². The Morgan fingerprint density at radius 2 is 1.47 bits per heavy atom. The van der Waals surface area contributed by atoms with Crippen LogP contribution < -0.4 is 10.1 Å². The molecule has 10 nitrogen and oxygen atoms in total. The molecule has 3 atom stereocenters. The first-order chi connectivity index (χ1) is 22.4. The van der Waals surface area contributed by atoms with E-state index in [1.807, 2.05) is 0 Å². The minimum Gasteiger partial charge on any atom is -0.494 e. The van der Waals surface area contributed by atoms with Gasteiger partial charge in [-0.3, -0.25) is 4.79 Å². The lowest BCUT2D eigenvalue weighted by atomic mass is 9.82. The van der Waals surface area contributed by atoms with Gasteiger partial charge in [0.05, 0.1) is 31.1 Å². The molecule has 0 aromatic heterocycles. The lowest BCUT2D eigenvalue weighted by molar-refractivity contribution is -0.167. The van der Waals surface area contributed by atoms with E-state index in [9.17, 15) is 33.0 Å². The minimum atomic E-state index is -3.04. The van der Waals surface area contributed by atoms with E-state index in [2.05, 4.69) is 19.2 Å². The predicted molar refractivity (Wildman–Crippen MR) is 185 cm³/mol. The molecule has 0 fully saturated rings. The third-order valence-corrected chi connectivity index (χ3v) is 10.0. The number of rotatable bonds is 27. The molecular formula is C36H59NO9S. The monoisotopic (exact) mass is 681 g/mol. The number of ether oxygens (including phenoxy) is 2. The zero-order chi connectivity index (χ0) is 35.1. The Labute approximate surface area is 282 Å². The molecule has 1 aromatic carbocycles. The van der Waals surface area contributed by atoms with Crippen LogP contribution >= 0.6 is 0 Å². The molecule has 1 aromatic rings.